The predicted molar refractivity (Wildman–Crippen MR) is 88.0 cm³/mol. The van der Waals surface area contributed by atoms with Crippen LogP contribution in [0, 0.1) is 0 Å². The van der Waals surface area contributed by atoms with E-state index in [9.17, 15) is 4.79 Å². The van der Waals surface area contributed by atoms with Gasteiger partial charge < -0.3 is 27.0 Å². The van der Waals surface area contributed by atoms with E-state index in [0.717, 1.165) is 52.0 Å². The quantitative estimate of drug-likeness (QED) is 0.233. The van der Waals surface area contributed by atoms with Crippen LogP contribution in [-0.2, 0) is 4.79 Å². The lowest BCUT2D eigenvalue weighted by atomic mass is 10.3. The summed E-state index contributed by atoms with van der Waals surface area (Å²) < 4.78 is 0. The van der Waals surface area contributed by atoms with Crippen molar-refractivity contribution in [3.8, 4) is 0 Å². The molecule has 0 spiro atoms. The minimum Gasteiger partial charge on any atom is -0.342 e. The molecule has 0 rings (SSSR count). The normalized spacial score (nSPS) is 11.3. The summed E-state index contributed by atoms with van der Waals surface area (Å²) >= 11 is 0. The van der Waals surface area contributed by atoms with Gasteiger partial charge in [0, 0.05) is 13.1 Å². The molecule has 0 aromatic heterocycles. The van der Waals surface area contributed by atoms with E-state index in [2.05, 4.69) is 15.5 Å². The van der Waals surface area contributed by atoms with Crippen molar-refractivity contribution < 1.29 is 4.79 Å². The maximum atomic E-state index is 11.7. The van der Waals surface area contributed by atoms with Gasteiger partial charge in [-0.15, -0.1) is 0 Å². The summed E-state index contributed by atoms with van der Waals surface area (Å²) in [6, 6.07) is 0. The van der Waals surface area contributed by atoms with Crippen LogP contribution in [0.3, 0.4) is 0 Å². The molecule has 7 heteroatoms. The lowest BCUT2D eigenvalue weighted by Gasteiger charge is -2.23. The molecule has 0 aliphatic rings. The Morgan fingerprint density at radius 1 is 1.00 bits per heavy atom. The van der Waals surface area contributed by atoms with Crippen LogP contribution < -0.4 is 22.1 Å². The highest BCUT2D eigenvalue weighted by atomic mass is 16.2. The lowest BCUT2D eigenvalue weighted by molar-refractivity contribution is -0.122. The number of carbonyl (C=O) groups is 1. The van der Waals surface area contributed by atoms with Gasteiger partial charge in [0.1, 0.15) is 0 Å². The van der Waals surface area contributed by atoms with Gasteiger partial charge in [0.25, 0.3) is 0 Å². The second kappa shape index (κ2) is 14.2. The van der Waals surface area contributed by atoms with Gasteiger partial charge in [-0.1, -0.05) is 0 Å². The van der Waals surface area contributed by atoms with Crippen molar-refractivity contribution in [3.05, 3.63) is 0 Å². The van der Waals surface area contributed by atoms with Gasteiger partial charge in [-0.2, -0.15) is 0 Å². The third-order valence-electron chi connectivity index (χ3n) is 3.02. The van der Waals surface area contributed by atoms with Gasteiger partial charge in [-0.05, 0) is 59.5 Å². The van der Waals surface area contributed by atoms with E-state index in [1.165, 1.54) is 0 Å². The molecule has 0 aromatic rings. The maximum Gasteiger partial charge on any atom is 0.235 e. The fraction of sp³-hybridized carbons (Fsp3) is 0.929. The Morgan fingerprint density at radius 3 is 2.24 bits per heavy atom. The Labute approximate surface area is 129 Å². The fourth-order valence-corrected chi connectivity index (χ4v) is 1.91. The van der Waals surface area contributed by atoms with E-state index in [1.807, 2.05) is 19.0 Å². The standard InChI is InChI=1S/C14H34N6O/c1-19(2)12-14(21)18-13-20(10-4-7-16)11-5-9-17-8-3-6-15/h17H,3-13,15-16H2,1-2H3,(H,18,21). The molecule has 6 N–H and O–H groups in total. The Morgan fingerprint density at radius 2 is 1.62 bits per heavy atom. The summed E-state index contributed by atoms with van der Waals surface area (Å²) in [5.41, 5.74) is 11.0. The van der Waals surface area contributed by atoms with E-state index in [1.54, 1.807) is 0 Å². The molecule has 7 nitrogen and oxygen atoms in total. The first-order valence-corrected chi connectivity index (χ1v) is 7.84. The minimum absolute atomic E-state index is 0.0545. The molecule has 21 heavy (non-hydrogen) atoms. The third-order valence-corrected chi connectivity index (χ3v) is 3.02. The van der Waals surface area contributed by atoms with Crippen molar-refractivity contribution in [2.75, 3.05) is 66.6 Å². The smallest absolute Gasteiger partial charge is 0.235 e. The summed E-state index contributed by atoms with van der Waals surface area (Å²) in [5, 5.41) is 6.32. The number of hydrogen-bond acceptors (Lipinski definition) is 6. The Hall–Kier alpha value is -0.730. The largest absolute Gasteiger partial charge is 0.342 e. The first-order valence-electron chi connectivity index (χ1n) is 7.84. The van der Waals surface area contributed by atoms with Crippen LogP contribution in [0.1, 0.15) is 19.3 Å². The average molecular weight is 302 g/mol. The number of carbonyl (C=O) groups excluding carboxylic acids is 1. The van der Waals surface area contributed by atoms with Crippen LogP contribution in [0.25, 0.3) is 0 Å². The maximum absolute atomic E-state index is 11.7. The summed E-state index contributed by atoms with van der Waals surface area (Å²) in [6.45, 7) is 6.24. The number of hydrogen-bond donors (Lipinski definition) is 4. The molecular formula is C14H34N6O. The lowest BCUT2D eigenvalue weighted by Crippen LogP contribution is -2.42. The number of nitrogens with zero attached hydrogens (tertiary/aromatic N) is 2. The SMILES string of the molecule is CN(C)CC(=O)NCN(CCCN)CCCNCCCN. The van der Waals surface area contributed by atoms with Gasteiger partial charge >= 0.3 is 0 Å². The van der Waals surface area contributed by atoms with E-state index in [-0.39, 0.29) is 5.91 Å². The summed E-state index contributed by atoms with van der Waals surface area (Å²) in [5.74, 6) is 0.0545. The number of nitrogens with two attached hydrogens (primary N) is 2. The van der Waals surface area contributed by atoms with Crippen LogP contribution in [0.5, 0.6) is 0 Å². The predicted octanol–water partition coefficient (Wildman–Crippen LogP) is -1.40. The number of nitrogens with one attached hydrogen (secondary N) is 2. The molecule has 0 saturated carbocycles. The first-order chi connectivity index (χ1) is 10.1. The molecule has 1 amide bonds. The molecule has 0 aliphatic heterocycles. The Balaban J connectivity index is 3.83. The van der Waals surface area contributed by atoms with Gasteiger partial charge in [-0.3, -0.25) is 9.69 Å². The zero-order valence-corrected chi connectivity index (χ0v) is 13.7. The highest BCUT2D eigenvalue weighted by Crippen LogP contribution is 1.92. The van der Waals surface area contributed by atoms with E-state index >= 15 is 0 Å². The Kier molecular flexibility index (Phi) is 13.7. The molecule has 0 aliphatic carbocycles. The minimum atomic E-state index is 0.0545. The topological polar surface area (TPSA) is 99.7 Å². The van der Waals surface area contributed by atoms with Crippen LogP contribution in [0.2, 0.25) is 0 Å². The third kappa shape index (κ3) is 14.0. The molecular weight excluding hydrogens is 268 g/mol. The average Bonchev–Trinajstić information content (AvgIpc) is 2.43. The molecule has 0 radical (unpaired) electrons. The Bertz CT molecular complexity index is 250. The summed E-state index contributed by atoms with van der Waals surface area (Å²) in [7, 11) is 3.78. The van der Waals surface area contributed by atoms with Gasteiger partial charge in [0.15, 0.2) is 0 Å². The van der Waals surface area contributed by atoms with Gasteiger partial charge in [0.2, 0.25) is 5.91 Å². The molecule has 0 fully saturated rings. The molecule has 0 bridgehead atoms. The van der Waals surface area contributed by atoms with Crippen molar-refractivity contribution in [2.45, 2.75) is 19.3 Å². The second-order valence-electron chi connectivity index (χ2n) is 5.50. The van der Waals surface area contributed by atoms with Crippen LogP contribution in [0.15, 0.2) is 0 Å². The van der Waals surface area contributed by atoms with Gasteiger partial charge in [-0.25, -0.2) is 0 Å². The van der Waals surface area contributed by atoms with Crippen molar-refractivity contribution >= 4 is 5.91 Å². The fourth-order valence-electron chi connectivity index (χ4n) is 1.91. The number of likely N-dealkylation sites (N-methyl/N-ethyl adjacent to an activating group) is 1. The zero-order valence-electron chi connectivity index (χ0n) is 13.7. The number of amides is 1. The number of rotatable bonds is 14. The van der Waals surface area contributed by atoms with Crippen LogP contribution in [0.4, 0.5) is 0 Å². The highest BCUT2D eigenvalue weighted by Gasteiger charge is 2.07. The van der Waals surface area contributed by atoms with Crippen molar-refractivity contribution in [2.24, 2.45) is 11.5 Å². The van der Waals surface area contributed by atoms with Crippen LogP contribution >= 0.6 is 0 Å². The monoisotopic (exact) mass is 302 g/mol. The first kappa shape index (κ1) is 20.3. The zero-order chi connectivity index (χ0) is 15.9. The van der Waals surface area contributed by atoms with Crippen molar-refractivity contribution in [1.29, 1.82) is 0 Å². The molecule has 0 aromatic carbocycles. The highest BCUT2D eigenvalue weighted by molar-refractivity contribution is 5.77. The molecule has 0 saturated heterocycles. The molecule has 0 heterocycles. The van der Waals surface area contributed by atoms with Crippen LogP contribution in [-0.4, -0.2) is 82.3 Å². The van der Waals surface area contributed by atoms with Gasteiger partial charge in [0.05, 0.1) is 13.2 Å². The van der Waals surface area contributed by atoms with E-state index in [0.29, 0.717) is 19.8 Å². The second-order valence-corrected chi connectivity index (χ2v) is 5.50. The van der Waals surface area contributed by atoms with E-state index < -0.39 is 0 Å². The van der Waals surface area contributed by atoms with E-state index in [4.69, 9.17) is 11.5 Å². The van der Waals surface area contributed by atoms with Crippen molar-refractivity contribution in [1.82, 2.24) is 20.4 Å². The summed E-state index contributed by atoms with van der Waals surface area (Å²) in [6.07, 6.45) is 3.01. The van der Waals surface area contributed by atoms with Crippen molar-refractivity contribution in [3.63, 3.8) is 0 Å². The molecule has 0 unspecified atom stereocenters. The molecule has 0 atom stereocenters. The molecule has 126 valence electrons. The summed E-state index contributed by atoms with van der Waals surface area (Å²) in [4.78, 5) is 15.8.